The summed E-state index contributed by atoms with van der Waals surface area (Å²) < 4.78 is 10.6. The Balaban J connectivity index is 1.57. The Morgan fingerprint density at radius 1 is 0.806 bits per heavy atom. The first-order valence-corrected chi connectivity index (χ1v) is 10.6. The summed E-state index contributed by atoms with van der Waals surface area (Å²) in [6.07, 6.45) is 1.58. The third-order valence-corrected chi connectivity index (χ3v) is 4.79. The van der Waals surface area contributed by atoms with Crippen LogP contribution in [-0.4, -0.2) is 40.3 Å². The molecule has 0 spiro atoms. The topological polar surface area (TPSA) is 149 Å². The maximum absolute atomic E-state index is 10.9. The molecule has 0 amide bonds. The van der Waals surface area contributed by atoms with Crippen LogP contribution in [0.3, 0.4) is 0 Å². The predicted molar refractivity (Wildman–Crippen MR) is 137 cm³/mol. The normalized spacial score (nSPS) is 10.6. The number of nitro groups is 1. The summed E-state index contributed by atoms with van der Waals surface area (Å²) in [6, 6.07) is 20.7. The van der Waals surface area contributed by atoms with E-state index < -0.39 is 4.92 Å². The largest absolute Gasteiger partial charge is 0.493 e. The fourth-order valence-electron chi connectivity index (χ4n) is 3.08. The summed E-state index contributed by atoms with van der Waals surface area (Å²) in [5.74, 6) is 1.83. The van der Waals surface area contributed by atoms with Crippen LogP contribution >= 0.6 is 0 Å². The third kappa shape index (κ3) is 6.20. The van der Waals surface area contributed by atoms with Gasteiger partial charge in [-0.15, -0.1) is 0 Å². The number of hydrazone groups is 1. The first kappa shape index (κ1) is 23.9. The Bertz CT molecular complexity index is 1360. The molecule has 4 aromatic rings. The molecule has 4 rings (SSSR count). The van der Waals surface area contributed by atoms with E-state index in [1.165, 1.54) is 12.1 Å². The van der Waals surface area contributed by atoms with Crippen molar-refractivity contribution in [1.82, 2.24) is 15.0 Å². The van der Waals surface area contributed by atoms with Crippen molar-refractivity contribution in [3.63, 3.8) is 0 Å². The first-order chi connectivity index (χ1) is 17.5. The van der Waals surface area contributed by atoms with Crippen molar-refractivity contribution in [3.05, 3.63) is 88.5 Å². The zero-order valence-corrected chi connectivity index (χ0v) is 19.4. The highest BCUT2D eigenvalue weighted by Crippen LogP contribution is 2.27. The van der Waals surface area contributed by atoms with Gasteiger partial charge in [0.2, 0.25) is 17.8 Å². The Kier molecular flexibility index (Phi) is 7.46. The molecule has 0 aliphatic rings. The van der Waals surface area contributed by atoms with Crippen molar-refractivity contribution in [1.29, 1.82) is 0 Å². The highest BCUT2D eigenvalue weighted by Gasteiger charge is 2.09. The van der Waals surface area contributed by atoms with E-state index in [-0.39, 0.29) is 23.5 Å². The molecule has 0 bridgehead atoms. The van der Waals surface area contributed by atoms with Crippen molar-refractivity contribution in [2.75, 3.05) is 30.3 Å². The van der Waals surface area contributed by atoms with E-state index in [4.69, 9.17) is 9.47 Å². The lowest BCUT2D eigenvalue weighted by atomic mass is 10.2. The molecule has 0 atom stereocenters. The summed E-state index contributed by atoms with van der Waals surface area (Å²) in [5.41, 5.74) is 4.90. The fraction of sp³-hybridized carbons (Fsp3) is 0.0833. The van der Waals surface area contributed by atoms with Gasteiger partial charge in [0.1, 0.15) is 0 Å². The Hall–Kier alpha value is -5.26. The van der Waals surface area contributed by atoms with E-state index in [0.717, 1.165) is 11.3 Å². The molecular formula is C24H22N8O4. The number of ether oxygens (including phenoxy) is 2. The number of hydrogen-bond acceptors (Lipinski definition) is 11. The molecule has 36 heavy (non-hydrogen) atoms. The van der Waals surface area contributed by atoms with Crippen LogP contribution in [0.1, 0.15) is 5.56 Å². The summed E-state index contributed by atoms with van der Waals surface area (Å²) >= 11 is 0. The number of hydrogen-bond donors (Lipinski definition) is 3. The van der Waals surface area contributed by atoms with Gasteiger partial charge in [-0.05, 0) is 48.0 Å². The Labute approximate surface area is 206 Å². The van der Waals surface area contributed by atoms with Gasteiger partial charge in [-0.25, -0.2) is 5.43 Å². The number of benzene rings is 3. The zero-order chi connectivity index (χ0) is 25.3. The predicted octanol–water partition coefficient (Wildman–Crippen LogP) is 4.73. The number of methoxy groups -OCH3 is 2. The number of non-ortho nitro benzene ring substituents is 1. The summed E-state index contributed by atoms with van der Waals surface area (Å²) in [4.78, 5) is 23.5. The standard InChI is InChI=1S/C24H22N8O4/c1-35-20-13-8-16(14-21(20)36-2)15-25-31-24-29-22(26-17-6-4-3-5-7-17)28-23(30-24)27-18-9-11-19(12-10-18)32(33)34/h3-15H,1-2H3,(H3,26,27,28,29,30,31). The maximum atomic E-state index is 10.9. The van der Waals surface area contributed by atoms with Crippen LogP contribution in [0, 0.1) is 10.1 Å². The second-order valence-electron chi connectivity index (χ2n) is 7.21. The van der Waals surface area contributed by atoms with Crippen LogP contribution in [0.4, 0.5) is 34.9 Å². The van der Waals surface area contributed by atoms with Gasteiger partial charge in [-0.3, -0.25) is 10.1 Å². The highest BCUT2D eigenvalue weighted by atomic mass is 16.6. The lowest BCUT2D eigenvalue weighted by Gasteiger charge is -2.10. The Morgan fingerprint density at radius 3 is 2.03 bits per heavy atom. The quantitative estimate of drug-likeness (QED) is 0.163. The number of nitrogens with zero attached hydrogens (tertiary/aromatic N) is 5. The van der Waals surface area contributed by atoms with Crippen LogP contribution < -0.4 is 25.5 Å². The van der Waals surface area contributed by atoms with Gasteiger partial charge in [0, 0.05) is 23.5 Å². The number of anilines is 5. The number of rotatable bonds is 10. The van der Waals surface area contributed by atoms with E-state index in [0.29, 0.717) is 17.2 Å². The van der Waals surface area contributed by atoms with Gasteiger partial charge in [-0.2, -0.15) is 20.1 Å². The smallest absolute Gasteiger partial charge is 0.269 e. The Morgan fingerprint density at radius 2 is 1.42 bits per heavy atom. The van der Waals surface area contributed by atoms with E-state index >= 15 is 0 Å². The lowest BCUT2D eigenvalue weighted by Crippen LogP contribution is -2.07. The van der Waals surface area contributed by atoms with Crippen LogP contribution in [0.15, 0.2) is 77.9 Å². The monoisotopic (exact) mass is 486 g/mol. The van der Waals surface area contributed by atoms with Crippen LogP contribution in [0.25, 0.3) is 0 Å². The number of nitro benzene ring substituents is 1. The second-order valence-corrected chi connectivity index (χ2v) is 7.21. The van der Waals surface area contributed by atoms with Gasteiger partial charge in [-0.1, -0.05) is 18.2 Å². The molecule has 0 saturated carbocycles. The third-order valence-electron chi connectivity index (χ3n) is 4.79. The van der Waals surface area contributed by atoms with Crippen LogP contribution in [0.2, 0.25) is 0 Å². The van der Waals surface area contributed by atoms with E-state index in [1.54, 1.807) is 44.7 Å². The molecule has 0 aliphatic heterocycles. The minimum Gasteiger partial charge on any atom is -0.493 e. The van der Waals surface area contributed by atoms with Gasteiger partial charge >= 0.3 is 0 Å². The van der Waals surface area contributed by atoms with E-state index in [1.807, 2.05) is 36.4 Å². The van der Waals surface area contributed by atoms with Crippen LogP contribution in [-0.2, 0) is 0 Å². The van der Waals surface area contributed by atoms with Gasteiger partial charge in [0.05, 0.1) is 25.4 Å². The molecule has 0 saturated heterocycles. The van der Waals surface area contributed by atoms with E-state index in [2.05, 4.69) is 36.1 Å². The van der Waals surface area contributed by atoms with Gasteiger partial charge < -0.3 is 20.1 Å². The maximum Gasteiger partial charge on any atom is 0.269 e. The molecular weight excluding hydrogens is 464 g/mol. The minimum absolute atomic E-state index is 0.0190. The molecule has 3 aromatic carbocycles. The summed E-state index contributed by atoms with van der Waals surface area (Å²) in [7, 11) is 3.12. The van der Waals surface area contributed by atoms with Crippen molar-refractivity contribution in [2.45, 2.75) is 0 Å². The molecule has 0 unspecified atom stereocenters. The van der Waals surface area contributed by atoms with Crippen molar-refractivity contribution >= 4 is 41.1 Å². The van der Waals surface area contributed by atoms with Crippen LogP contribution in [0.5, 0.6) is 11.5 Å². The molecule has 12 heteroatoms. The van der Waals surface area contributed by atoms with Crippen molar-refractivity contribution in [2.24, 2.45) is 5.10 Å². The molecule has 0 aliphatic carbocycles. The molecule has 12 nitrogen and oxygen atoms in total. The fourth-order valence-corrected chi connectivity index (χ4v) is 3.08. The molecule has 3 N–H and O–H groups in total. The average Bonchev–Trinajstić information content (AvgIpc) is 2.89. The number of para-hydroxylation sites is 1. The van der Waals surface area contributed by atoms with Crippen molar-refractivity contribution < 1.29 is 14.4 Å². The summed E-state index contributed by atoms with van der Waals surface area (Å²) in [5, 5.41) is 21.3. The number of nitrogens with one attached hydrogen (secondary N) is 3. The average molecular weight is 486 g/mol. The molecule has 182 valence electrons. The molecule has 0 fully saturated rings. The van der Waals surface area contributed by atoms with E-state index in [9.17, 15) is 10.1 Å². The van der Waals surface area contributed by atoms with Gasteiger partial charge in [0.25, 0.3) is 5.69 Å². The second kappa shape index (κ2) is 11.2. The SMILES string of the molecule is COc1ccc(C=NNc2nc(Nc3ccccc3)nc(Nc3ccc([N+](=O)[O-])cc3)n2)cc1OC. The highest BCUT2D eigenvalue weighted by molar-refractivity contribution is 5.81. The minimum atomic E-state index is -0.465. The van der Waals surface area contributed by atoms with Gasteiger partial charge in [0.15, 0.2) is 11.5 Å². The molecule has 0 radical (unpaired) electrons. The summed E-state index contributed by atoms with van der Waals surface area (Å²) in [6.45, 7) is 0. The zero-order valence-electron chi connectivity index (χ0n) is 19.4. The lowest BCUT2D eigenvalue weighted by molar-refractivity contribution is -0.384. The number of aromatic nitrogens is 3. The van der Waals surface area contributed by atoms with Crippen molar-refractivity contribution in [3.8, 4) is 11.5 Å². The first-order valence-electron chi connectivity index (χ1n) is 10.6. The molecule has 1 heterocycles. The molecule has 1 aromatic heterocycles.